The fourth-order valence-corrected chi connectivity index (χ4v) is 3.45. The number of rotatable bonds is 3. The average molecular weight is 318 g/mol. The number of benzene rings is 1. The number of amides is 1. The van der Waals surface area contributed by atoms with Crippen molar-refractivity contribution in [3.63, 3.8) is 0 Å². The average Bonchev–Trinajstić information content (AvgIpc) is 2.79. The lowest BCUT2D eigenvalue weighted by Gasteiger charge is -2.14. The minimum absolute atomic E-state index is 0.0285. The van der Waals surface area contributed by atoms with Crippen LogP contribution in [0.1, 0.15) is 27.9 Å². The Morgan fingerprint density at radius 2 is 2.05 bits per heavy atom. The standard InChI is InChI=1S/C13H16ClNO4S/c1-8-5-9(2)12(20(14,17)18)6-11(8)13(16)15-10-3-4-19-7-10/h5-6,10H,3-4,7H2,1-2H3,(H,15,16). The van der Waals surface area contributed by atoms with E-state index >= 15 is 0 Å². The van der Waals surface area contributed by atoms with Gasteiger partial charge in [-0.05, 0) is 37.5 Å². The van der Waals surface area contributed by atoms with Crippen molar-refractivity contribution in [2.45, 2.75) is 31.2 Å². The molecule has 1 saturated heterocycles. The molecule has 1 aromatic carbocycles. The van der Waals surface area contributed by atoms with E-state index in [2.05, 4.69) is 5.32 Å². The molecule has 1 heterocycles. The third kappa shape index (κ3) is 3.31. The van der Waals surface area contributed by atoms with E-state index in [4.69, 9.17) is 15.4 Å². The monoisotopic (exact) mass is 317 g/mol. The second-order valence-corrected chi connectivity index (χ2v) is 7.44. The Balaban J connectivity index is 2.33. The van der Waals surface area contributed by atoms with Crippen LogP contribution in [0.2, 0.25) is 0 Å². The molecule has 1 fully saturated rings. The van der Waals surface area contributed by atoms with Crippen LogP contribution in [0, 0.1) is 13.8 Å². The number of hydrogen-bond acceptors (Lipinski definition) is 4. The van der Waals surface area contributed by atoms with Gasteiger partial charge in [0, 0.05) is 22.9 Å². The van der Waals surface area contributed by atoms with Gasteiger partial charge in [0.2, 0.25) is 0 Å². The van der Waals surface area contributed by atoms with Gasteiger partial charge in [-0.3, -0.25) is 4.79 Å². The molecule has 1 aliphatic rings. The SMILES string of the molecule is Cc1cc(C)c(S(=O)(=O)Cl)cc1C(=O)NC1CCOC1. The predicted octanol–water partition coefficient (Wildman–Crippen LogP) is 1.75. The summed E-state index contributed by atoms with van der Waals surface area (Å²) in [6.45, 7) is 4.52. The number of carbonyl (C=O) groups excluding carboxylic acids is 1. The maximum Gasteiger partial charge on any atom is 0.261 e. The zero-order chi connectivity index (χ0) is 14.9. The van der Waals surface area contributed by atoms with Crippen LogP contribution >= 0.6 is 10.7 Å². The Morgan fingerprint density at radius 1 is 1.35 bits per heavy atom. The van der Waals surface area contributed by atoms with Crippen LogP contribution in [-0.4, -0.2) is 33.6 Å². The number of carbonyl (C=O) groups is 1. The maximum atomic E-state index is 12.2. The van der Waals surface area contributed by atoms with Crippen molar-refractivity contribution < 1.29 is 17.9 Å². The Hall–Kier alpha value is -1.11. The van der Waals surface area contributed by atoms with Crippen molar-refractivity contribution in [3.05, 3.63) is 28.8 Å². The third-order valence-corrected chi connectivity index (χ3v) is 4.76. The summed E-state index contributed by atoms with van der Waals surface area (Å²) in [5, 5.41) is 2.83. The maximum absolute atomic E-state index is 12.2. The number of hydrogen-bond donors (Lipinski definition) is 1. The van der Waals surface area contributed by atoms with Gasteiger partial charge in [-0.15, -0.1) is 0 Å². The minimum atomic E-state index is -3.87. The first kappa shape index (κ1) is 15.3. The first-order valence-corrected chi connectivity index (χ1v) is 8.54. The van der Waals surface area contributed by atoms with Crippen LogP contribution in [0.3, 0.4) is 0 Å². The van der Waals surface area contributed by atoms with E-state index in [-0.39, 0.29) is 16.8 Å². The van der Waals surface area contributed by atoms with E-state index in [0.717, 1.165) is 6.42 Å². The highest BCUT2D eigenvalue weighted by atomic mass is 35.7. The van der Waals surface area contributed by atoms with E-state index in [0.29, 0.717) is 29.9 Å². The fraction of sp³-hybridized carbons (Fsp3) is 0.462. The summed E-state index contributed by atoms with van der Waals surface area (Å²) in [6.07, 6.45) is 0.761. The summed E-state index contributed by atoms with van der Waals surface area (Å²) >= 11 is 0. The molecule has 0 spiro atoms. The Labute approximate surface area is 122 Å². The molecule has 0 aliphatic carbocycles. The summed E-state index contributed by atoms with van der Waals surface area (Å²) in [5.74, 6) is -0.306. The zero-order valence-corrected chi connectivity index (χ0v) is 12.8. The van der Waals surface area contributed by atoms with Gasteiger partial charge in [0.05, 0.1) is 17.5 Å². The highest BCUT2D eigenvalue weighted by Crippen LogP contribution is 2.24. The molecular weight excluding hydrogens is 302 g/mol. The molecule has 5 nitrogen and oxygen atoms in total. The second-order valence-electron chi connectivity index (χ2n) is 4.90. The highest BCUT2D eigenvalue weighted by Gasteiger charge is 2.22. The topological polar surface area (TPSA) is 72.5 Å². The first-order valence-electron chi connectivity index (χ1n) is 6.23. The lowest BCUT2D eigenvalue weighted by Crippen LogP contribution is -2.35. The fourth-order valence-electron chi connectivity index (χ4n) is 2.25. The van der Waals surface area contributed by atoms with E-state index < -0.39 is 9.05 Å². The van der Waals surface area contributed by atoms with Gasteiger partial charge in [-0.25, -0.2) is 8.42 Å². The van der Waals surface area contributed by atoms with E-state index in [9.17, 15) is 13.2 Å². The molecule has 2 rings (SSSR count). The van der Waals surface area contributed by atoms with Crippen molar-refractivity contribution in [3.8, 4) is 0 Å². The predicted molar refractivity (Wildman–Crippen MR) is 75.6 cm³/mol. The Kier molecular flexibility index (Phi) is 4.36. The van der Waals surface area contributed by atoms with Crippen molar-refractivity contribution in [1.29, 1.82) is 0 Å². The van der Waals surface area contributed by atoms with Crippen molar-refractivity contribution >= 4 is 25.6 Å². The van der Waals surface area contributed by atoms with Gasteiger partial charge in [0.15, 0.2) is 0 Å². The number of ether oxygens (including phenoxy) is 1. The molecular formula is C13H16ClNO4S. The highest BCUT2D eigenvalue weighted by molar-refractivity contribution is 8.13. The van der Waals surface area contributed by atoms with E-state index in [1.807, 2.05) is 0 Å². The van der Waals surface area contributed by atoms with Crippen LogP contribution in [0.15, 0.2) is 17.0 Å². The molecule has 20 heavy (non-hydrogen) atoms. The quantitative estimate of drug-likeness (QED) is 0.862. The zero-order valence-electron chi connectivity index (χ0n) is 11.3. The number of nitrogens with one attached hydrogen (secondary N) is 1. The Morgan fingerprint density at radius 3 is 2.60 bits per heavy atom. The molecule has 110 valence electrons. The van der Waals surface area contributed by atoms with Gasteiger partial charge < -0.3 is 10.1 Å². The normalized spacial score (nSPS) is 19.1. The molecule has 7 heteroatoms. The molecule has 1 N–H and O–H groups in total. The van der Waals surface area contributed by atoms with Gasteiger partial charge in [-0.2, -0.15) is 0 Å². The number of aryl methyl sites for hydroxylation is 2. The molecule has 1 atom stereocenters. The minimum Gasteiger partial charge on any atom is -0.379 e. The van der Waals surface area contributed by atoms with Gasteiger partial charge in [0.25, 0.3) is 15.0 Å². The lowest BCUT2D eigenvalue weighted by molar-refractivity contribution is 0.0929. The number of halogens is 1. The molecule has 1 amide bonds. The summed E-state index contributed by atoms with van der Waals surface area (Å²) in [7, 11) is 1.52. The van der Waals surface area contributed by atoms with Crippen LogP contribution in [0.4, 0.5) is 0 Å². The van der Waals surface area contributed by atoms with E-state index in [1.165, 1.54) is 6.07 Å². The molecule has 0 saturated carbocycles. The molecule has 0 aromatic heterocycles. The lowest BCUT2D eigenvalue weighted by atomic mass is 10.0. The van der Waals surface area contributed by atoms with Crippen LogP contribution in [0.25, 0.3) is 0 Å². The molecule has 1 aliphatic heterocycles. The van der Waals surface area contributed by atoms with Gasteiger partial charge >= 0.3 is 0 Å². The Bertz CT molecular complexity index is 636. The smallest absolute Gasteiger partial charge is 0.261 e. The summed E-state index contributed by atoms with van der Waals surface area (Å²) < 4.78 is 28.2. The van der Waals surface area contributed by atoms with Crippen molar-refractivity contribution in [1.82, 2.24) is 5.32 Å². The van der Waals surface area contributed by atoms with Gasteiger partial charge in [0.1, 0.15) is 0 Å². The summed E-state index contributed by atoms with van der Waals surface area (Å²) in [5.41, 5.74) is 1.56. The van der Waals surface area contributed by atoms with Crippen molar-refractivity contribution in [2.24, 2.45) is 0 Å². The second kappa shape index (κ2) is 5.71. The van der Waals surface area contributed by atoms with Crippen molar-refractivity contribution in [2.75, 3.05) is 13.2 Å². The molecule has 0 radical (unpaired) electrons. The van der Waals surface area contributed by atoms with Crippen LogP contribution in [-0.2, 0) is 13.8 Å². The molecule has 1 unspecified atom stereocenters. The largest absolute Gasteiger partial charge is 0.379 e. The molecule has 1 aromatic rings. The molecule has 0 bridgehead atoms. The van der Waals surface area contributed by atoms with E-state index in [1.54, 1.807) is 19.9 Å². The first-order chi connectivity index (χ1) is 9.29. The van der Waals surface area contributed by atoms with Crippen LogP contribution < -0.4 is 5.32 Å². The van der Waals surface area contributed by atoms with Crippen LogP contribution in [0.5, 0.6) is 0 Å². The summed E-state index contributed by atoms with van der Waals surface area (Å²) in [4.78, 5) is 12.2. The van der Waals surface area contributed by atoms with Gasteiger partial charge in [-0.1, -0.05) is 6.07 Å². The third-order valence-electron chi connectivity index (χ3n) is 3.29. The summed E-state index contributed by atoms with van der Waals surface area (Å²) in [6, 6.07) is 2.95.